The number of carbonyl (C=O) groups is 4. The molecule has 0 atom stereocenters. The second-order valence-corrected chi connectivity index (χ2v) is 31.2. The van der Waals surface area contributed by atoms with Crippen LogP contribution >= 0.6 is 70.4 Å². The first-order chi connectivity index (χ1) is 50.5. The summed E-state index contributed by atoms with van der Waals surface area (Å²) in [6, 6.07) is 34.9. The zero-order chi connectivity index (χ0) is 77.6. The second-order valence-electron chi connectivity index (χ2n) is 27.3. The molecule has 10 N–H and O–H groups in total. The van der Waals surface area contributed by atoms with Gasteiger partial charge in [-0.1, -0.05) is 52.3 Å². The van der Waals surface area contributed by atoms with Crippen LogP contribution in [0, 0.1) is 35.4 Å². The number of amides is 4. The van der Waals surface area contributed by atoms with E-state index in [-0.39, 0.29) is 94.1 Å². The van der Waals surface area contributed by atoms with Crippen molar-refractivity contribution in [1.29, 1.82) is 0 Å². The fourth-order valence-electron chi connectivity index (χ4n) is 11.8. The molecule has 0 bridgehead atoms. The topological polar surface area (TPSA) is 356 Å². The second kappa shape index (κ2) is 35.1. The predicted octanol–water partition coefficient (Wildman–Crippen LogP) is 9.78. The van der Waals surface area contributed by atoms with Gasteiger partial charge in [0.15, 0.2) is 0 Å². The van der Waals surface area contributed by atoms with Crippen molar-refractivity contribution < 1.29 is 80.4 Å². The molecule has 33 heteroatoms. The van der Waals surface area contributed by atoms with Crippen LogP contribution < -0.4 is 73.4 Å². The van der Waals surface area contributed by atoms with E-state index in [1.807, 2.05) is 128 Å². The monoisotopic (exact) mass is 1890 g/mol. The molecule has 9 heterocycles. The minimum atomic E-state index is -0.940. The Morgan fingerprint density at radius 3 is 1.29 bits per heavy atom. The Bertz CT molecular complexity index is 4960. The van der Waals surface area contributed by atoms with Crippen molar-refractivity contribution in [3.8, 4) is 33.4 Å². The number of fused-ring (bicyclic) bond motifs is 4. The van der Waals surface area contributed by atoms with Gasteiger partial charge in [-0.15, -0.1) is 0 Å². The molecular formula is C75H74B2Br3F2I2N12O12-. The Morgan fingerprint density at radius 1 is 0.435 bits per heavy atom. The van der Waals surface area contributed by atoms with E-state index in [0.29, 0.717) is 54.4 Å². The smallest absolute Gasteiger partial charge is 0.498 e. The van der Waals surface area contributed by atoms with Crippen LogP contribution in [0.1, 0.15) is 119 Å². The molecule has 6 aliphatic rings. The SMILES string of the molecule is CC1(C)OB(c2cc([N+](=O)[O-])ccc2F)OC1(C)C.CC1(C)OB(c2ccc3c(c2)CCNC3=O)OC1(C)C.Nc1ncc(-c2cc([N+](=O)[O-])ccc2F)cc1-c1ccc2c(c1)CCNC2=O.Nc1ncc(Br)cc1-c1ccc2c(c1)CCNC2=O.Nc1ncc(Br)cc1I.O=C1NCCc2cc(Br)ccc21.[I-]. The number of benzene rings is 6. The van der Waals surface area contributed by atoms with E-state index in [0.717, 1.165) is 134 Å². The molecule has 4 amide bonds. The van der Waals surface area contributed by atoms with E-state index in [1.54, 1.807) is 30.6 Å². The Morgan fingerprint density at radius 2 is 0.824 bits per heavy atom. The molecule has 2 saturated heterocycles. The normalized spacial score (nSPS) is 16.2. The average molecular weight is 1890 g/mol. The fourth-order valence-corrected chi connectivity index (χ4v) is 13.7. The summed E-state index contributed by atoms with van der Waals surface area (Å²) in [5, 5.41) is 33.0. The molecule has 0 saturated carbocycles. The number of aromatic nitrogens is 3. The molecule has 0 radical (unpaired) electrons. The lowest BCUT2D eigenvalue weighted by Gasteiger charge is -2.32. The molecule has 24 nitrogen and oxygen atoms in total. The number of anilines is 3. The van der Waals surface area contributed by atoms with Gasteiger partial charge in [-0.2, -0.15) is 0 Å². The van der Waals surface area contributed by atoms with Gasteiger partial charge >= 0.3 is 14.2 Å². The van der Waals surface area contributed by atoms with Crippen molar-refractivity contribution >= 4 is 148 Å². The minimum Gasteiger partial charge on any atom is -1.00 e. The average Bonchev–Trinajstić information content (AvgIpc) is 1.56. The Kier molecular flexibility index (Phi) is 27.2. The van der Waals surface area contributed by atoms with Crippen molar-refractivity contribution in [3.63, 3.8) is 0 Å². The summed E-state index contributed by atoms with van der Waals surface area (Å²) in [4.78, 5) is 79.4. The van der Waals surface area contributed by atoms with Gasteiger partial charge < -0.3 is 81.1 Å². The fraction of sp³-hybridized carbons (Fsp3) is 0.267. The number of halogens is 7. The van der Waals surface area contributed by atoms with Crippen LogP contribution in [0.3, 0.4) is 0 Å². The number of carbonyl (C=O) groups excluding carboxylic acids is 4. The van der Waals surface area contributed by atoms with E-state index < -0.39 is 39.8 Å². The Balaban J connectivity index is 0.000000154. The quantitative estimate of drug-likeness (QED) is 0.0337. The van der Waals surface area contributed by atoms with Crippen LogP contribution in [0.5, 0.6) is 0 Å². The molecule has 2 fully saturated rings. The van der Waals surface area contributed by atoms with E-state index in [1.165, 1.54) is 12.3 Å². The van der Waals surface area contributed by atoms with Crippen molar-refractivity contribution in [3.05, 3.63) is 239 Å². The highest BCUT2D eigenvalue weighted by atomic mass is 127. The van der Waals surface area contributed by atoms with E-state index in [9.17, 15) is 48.2 Å². The summed E-state index contributed by atoms with van der Waals surface area (Å²) in [7, 11) is -1.31. The Labute approximate surface area is 678 Å². The van der Waals surface area contributed by atoms with Gasteiger partial charge in [0.1, 0.15) is 29.1 Å². The number of nitro groups is 2. The number of nitrogens with two attached hydrogens (primary N) is 3. The van der Waals surface area contributed by atoms with Crippen molar-refractivity contribution in [2.24, 2.45) is 0 Å². The molecule has 6 aromatic carbocycles. The van der Waals surface area contributed by atoms with Gasteiger partial charge in [0.25, 0.3) is 35.0 Å². The summed E-state index contributed by atoms with van der Waals surface area (Å²) in [6.07, 6.45) is 8.06. The van der Waals surface area contributed by atoms with Crippen LogP contribution in [0.2, 0.25) is 0 Å². The first kappa shape index (κ1) is 83.6. The number of nitrogens with one attached hydrogen (secondary N) is 4. The van der Waals surface area contributed by atoms with E-state index >= 15 is 0 Å². The first-order valence-corrected chi connectivity index (χ1v) is 37.1. The standard InChI is InChI=1S/C20H15FN4O3.C15H20BNO3.C14H12BrN3O.C12H15BFNO4.C9H8BrNO.C5H4BrIN2.HI/c21-18-4-2-14(25(27)28)9-16(18)13-8-17(19(22)24-10-13)11-1-3-15-12(7-11)5-6-23-20(15)26;1-14(2)15(3,4)20-16(19-14)11-5-6-12-10(9-11)7-8-17-13(12)18;15-10-6-12(13(16)18-7-10)8-1-2-11-9(5-8)3-4-17-14(11)19;1-11(2)12(3,4)19-13(18-11)9-7-8(15(16)17)5-6-10(9)14;10-7-1-2-8-6(5-7)3-4-11-9(8)12;6-3-1-4(7)5(8)9-2-3;/h1-4,7-10H,5-6H2,(H2,22,24)(H,23,26);5-6,9H,7-8H2,1-4H3,(H,17,18);1-2,5-7H,3-4H2,(H2,16,18)(H,17,19);5-7H,1-4H3;1-2,5H,3-4H2,(H,11,12);1-2H,(H2,8,9);1H/p-1. The van der Waals surface area contributed by atoms with Gasteiger partial charge in [0.2, 0.25) is 0 Å². The van der Waals surface area contributed by atoms with E-state index in [4.69, 9.17) is 35.8 Å². The number of nitrogens with zero attached hydrogens (tertiary/aromatic N) is 5. The van der Waals surface area contributed by atoms with E-state index in [2.05, 4.69) is 107 Å². The van der Waals surface area contributed by atoms with Gasteiger partial charge in [-0.3, -0.25) is 39.4 Å². The van der Waals surface area contributed by atoms with Gasteiger partial charge in [-0.05, 0) is 241 Å². The van der Waals surface area contributed by atoms with Crippen LogP contribution in [0.15, 0.2) is 159 Å². The van der Waals surface area contributed by atoms with Crippen molar-refractivity contribution in [1.82, 2.24) is 36.2 Å². The number of hydrogen-bond donors (Lipinski definition) is 7. The first-order valence-electron chi connectivity index (χ1n) is 33.6. The number of nitrogen functional groups attached to an aromatic ring is 3. The lowest BCUT2D eigenvalue weighted by atomic mass is 9.77. The number of non-ortho nitro benzene ring substituents is 2. The summed E-state index contributed by atoms with van der Waals surface area (Å²) in [5.74, 6) is 0.0706. The number of pyridine rings is 3. The molecule has 0 unspecified atom stereocenters. The third-order valence-electron chi connectivity index (χ3n) is 19.1. The highest BCUT2D eigenvalue weighted by Crippen LogP contribution is 2.40. The summed E-state index contributed by atoms with van der Waals surface area (Å²) < 4.78 is 55.4. The third-order valence-corrected chi connectivity index (χ3v) is 21.3. The predicted molar refractivity (Wildman–Crippen MR) is 426 cm³/mol. The van der Waals surface area contributed by atoms with Gasteiger partial charge in [0.05, 0.1) is 35.8 Å². The highest BCUT2D eigenvalue weighted by Gasteiger charge is 2.53. The van der Waals surface area contributed by atoms with Crippen molar-refractivity contribution in [2.75, 3.05) is 43.4 Å². The number of hydrogen-bond acceptors (Lipinski definition) is 18. The molecular weight excluding hydrogens is 1810 g/mol. The molecule has 0 aliphatic carbocycles. The lowest BCUT2D eigenvalue weighted by Crippen LogP contribution is -3.00. The molecule has 6 aliphatic heterocycles. The molecule has 15 rings (SSSR count). The maximum Gasteiger partial charge on any atom is 0.498 e. The molecule has 3 aromatic heterocycles. The van der Waals surface area contributed by atoms with Gasteiger partial charge in [0, 0.05) is 132 Å². The Hall–Kier alpha value is -8.42. The zero-order valence-electron chi connectivity index (χ0n) is 59.7. The number of rotatable bonds is 7. The van der Waals surface area contributed by atoms with Gasteiger partial charge in [-0.25, -0.2) is 23.7 Å². The number of nitro benzene ring substituents is 2. The minimum absolute atomic E-state index is 0. The molecule has 562 valence electrons. The molecule has 9 aromatic rings. The molecule has 108 heavy (non-hydrogen) atoms. The largest absolute Gasteiger partial charge is 1.00 e. The summed E-state index contributed by atoms with van der Waals surface area (Å²) >= 11 is 12.2. The molecule has 0 spiro atoms. The highest BCUT2D eigenvalue weighted by molar-refractivity contribution is 14.1. The third kappa shape index (κ3) is 19.8. The van der Waals surface area contributed by atoms with Crippen LogP contribution in [-0.4, -0.2) is 111 Å². The summed E-state index contributed by atoms with van der Waals surface area (Å²) in [6.45, 7) is 18.2. The lowest BCUT2D eigenvalue weighted by molar-refractivity contribution is -0.385. The zero-order valence-corrected chi connectivity index (χ0v) is 68.8. The summed E-state index contributed by atoms with van der Waals surface area (Å²) in [5.41, 5.74) is 26.8. The maximum absolute atomic E-state index is 14.3. The van der Waals surface area contributed by atoms with Crippen LogP contribution in [0.25, 0.3) is 33.4 Å². The maximum atomic E-state index is 14.3. The van der Waals surface area contributed by atoms with Crippen LogP contribution in [-0.2, 0) is 44.3 Å². The van der Waals surface area contributed by atoms with Crippen molar-refractivity contribution in [2.45, 2.75) is 103 Å². The van der Waals surface area contributed by atoms with Crippen LogP contribution in [0.4, 0.5) is 37.6 Å².